The van der Waals surface area contributed by atoms with Crippen molar-refractivity contribution in [1.82, 2.24) is 5.32 Å². The summed E-state index contributed by atoms with van der Waals surface area (Å²) in [5.74, 6) is -0.373. The number of benzene rings is 3. The SMILES string of the molecule is CCc1ccc(C(C)NC(=O)c2cccc(CS(=O)(=O)c3ccccc3)c2)cc1. The predicted molar refractivity (Wildman–Crippen MR) is 115 cm³/mol. The van der Waals surface area contributed by atoms with Crippen LogP contribution in [-0.2, 0) is 22.0 Å². The molecule has 1 amide bonds. The van der Waals surface area contributed by atoms with Crippen molar-refractivity contribution < 1.29 is 13.2 Å². The lowest BCUT2D eigenvalue weighted by Crippen LogP contribution is -2.26. The molecule has 5 heteroatoms. The van der Waals surface area contributed by atoms with Gasteiger partial charge < -0.3 is 5.32 Å². The first-order valence-corrected chi connectivity index (χ1v) is 11.3. The molecule has 3 aromatic rings. The van der Waals surface area contributed by atoms with Crippen LogP contribution in [0.15, 0.2) is 83.8 Å². The zero-order valence-electron chi connectivity index (χ0n) is 16.6. The molecule has 0 saturated heterocycles. The van der Waals surface area contributed by atoms with E-state index in [-0.39, 0.29) is 22.6 Å². The smallest absolute Gasteiger partial charge is 0.251 e. The molecule has 0 spiro atoms. The van der Waals surface area contributed by atoms with Crippen molar-refractivity contribution in [3.8, 4) is 0 Å². The third kappa shape index (κ3) is 5.33. The minimum atomic E-state index is -3.46. The second-order valence-electron chi connectivity index (χ2n) is 7.06. The van der Waals surface area contributed by atoms with Crippen LogP contribution in [0.1, 0.15) is 46.9 Å². The fourth-order valence-corrected chi connectivity index (χ4v) is 4.50. The number of amides is 1. The van der Waals surface area contributed by atoms with E-state index in [1.807, 2.05) is 19.1 Å². The normalized spacial score (nSPS) is 12.3. The number of sulfone groups is 1. The van der Waals surface area contributed by atoms with Gasteiger partial charge in [-0.1, -0.05) is 61.5 Å². The number of rotatable bonds is 7. The van der Waals surface area contributed by atoms with Gasteiger partial charge in [0, 0.05) is 5.56 Å². The molecule has 3 rings (SSSR count). The zero-order valence-corrected chi connectivity index (χ0v) is 17.4. The Morgan fingerprint density at radius 1 is 0.897 bits per heavy atom. The van der Waals surface area contributed by atoms with E-state index >= 15 is 0 Å². The van der Waals surface area contributed by atoms with Crippen LogP contribution in [0.2, 0.25) is 0 Å². The lowest BCUT2D eigenvalue weighted by molar-refractivity contribution is 0.0939. The average Bonchev–Trinajstić information content (AvgIpc) is 2.74. The van der Waals surface area contributed by atoms with E-state index in [0.717, 1.165) is 12.0 Å². The van der Waals surface area contributed by atoms with Gasteiger partial charge in [-0.2, -0.15) is 0 Å². The van der Waals surface area contributed by atoms with Crippen LogP contribution >= 0.6 is 0 Å². The molecule has 0 radical (unpaired) electrons. The van der Waals surface area contributed by atoms with Gasteiger partial charge in [-0.25, -0.2) is 8.42 Å². The van der Waals surface area contributed by atoms with Gasteiger partial charge in [0.1, 0.15) is 0 Å². The third-order valence-electron chi connectivity index (χ3n) is 4.88. The van der Waals surface area contributed by atoms with Gasteiger partial charge in [-0.05, 0) is 54.3 Å². The highest BCUT2D eigenvalue weighted by Crippen LogP contribution is 2.18. The third-order valence-corrected chi connectivity index (χ3v) is 6.59. The Bertz CT molecular complexity index is 1070. The van der Waals surface area contributed by atoms with E-state index in [0.29, 0.717) is 11.1 Å². The molecule has 150 valence electrons. The van der Waals surface area contributed by atoms with Gasteiger partial charge in [0.05, 0.1) is 16.7 Å². The maximum Gasteiger partial charge on any atom is 0.251 e. The van der Waals surface area contributed by atoms with E-state index in [4.69, 9.17) is 0 Å². The van der Waals surface area contributed by atoms with Crippen LogP contribution in [-0.4, -0.2) is 14.3 Å². The molecule has 1 unspecified atom stereocenters. The molecule has 0 heterocycles. The summed E-state index contributed by atoms with van der Waals surface area (Å²) in [7, 11) is -3.46. The summed E-state index contributed by atoms with van der Waals surface area (Å²) in [6, 6.07) is 23.1. The quantitative estimate of drug-likeness (QED) is 0.617. The maximum absolute atomic E-state index is 12.7. The number of carbonyl (C=O) groups is 1. The topological polar surface area (TPSA) is 63.2 Å². The van der Waals surface area contributed by atoms with E-state index in [9.17, 15) is 13.2 Å². The molecule has 0 aromatic heterocycles. The fourth-order valence-electron chi connectivity index (χ4n) is 3.14. The molecule has 0 fully saturated rings. The molecule has 3 aromatic carbocycles. The van der Waals surface area contributed by atoms with Crippen LogP contribution in [0, 0.1) is 0 Å². The summed E-state index contributed by atoms with van der Waals surface area (Å²) in [6.45, 7) is 4.04. The lowest BCUT2D eigenvalue weighted by atomic mass is 10.0. The fraction of sp³-hybridized carbons (Fsp3) is 0.208. The summed E-state index contributed by atoms with van der Waals surface area (Å²) >= 11 is 0. The molecular formula is C24H25NO3S. The Balaban J connectivity index is 1.72. The predicted octanol–water partition coefficient (Wildman–Crippen LogP) is 4.71. The molecule has 0 aliphatic rings. The van der Waals surface area contributed by atoms with Crippen LogP contribution in [0.25, 0.3) is 0 Å². The van der Waals surface area contributed by atoms with Gasteiger partial charge in [0.25, 0.3) is 5.91 Å². The Morgan fingerprint density at radius 3 is 2.24 bits per heavy atom. The highest BCUT2D eigenvalue weighted by Gasteiger charge is 2.17. The largest absolute Gasteiger partial charge is 0.346 e. The number of aryl methyl sites for hydroxylation is 1. The first-order valence-electron chi connectivity index (χ1n) is 9.65. The number of carbonyl (C=O) groups excluding carboxylic acids is 1. The highest BCUT2D eigenvalue weighted by molar-refractivity contribution is 7.90. The van der Waals surface area contributed by atoms with Gasteiger partial charge in [0.2, 0.25) is 0 Å². The highest BCUT2D eigenvalue weighted by atomic mass is 32.2. The Labute approximate surface area is 172 Å². The molecule has 4 nitrogen and oxygen atoms in total. The summed E-state index contributed by atoms with van der Waals surface area (Å²) < 4.78 is 25.2. The number of nitrogens with one attached hydrogen (secondary N) is 1. The van der Waals surface area contributed by atoms with Crippen LogP contribution in [0.5, 0.6) is 0 Å². The van der Waals surface area contributed by atoms with E-state index in [1.54, 1.807) is 54.6 Å². The van der Waals surface area contributed by atoms with E-state index in [1.165, 1.54) is 5.56 Å². The van der Waals surface area contributed by atoms with Crippen LogP contribution < -0.4 is 5.32 Å². The maximum atomic E-state index is 12.7. The Kier molecular flexibility index (Phi) is 6.49. The van der Waals surface area contributed by atoms with Gasteiger partial charge in [0.15, 0.2) is 9.84 Å². The van der Waals surface area contributed by atoms with Crippen molar-refractivity contribution in [3.05, 3.63) is 101 Å². The molecule has 1 N–H and O–H groups in total. The van der Waals surface area contributed by atoms with Gasteiger partial charge >= 0.3 is 0 Å². The first-order chi connectivity index (χ1) is 13.9. The summed E-state index contributed by atoms with van der Waals surface area (Å²) in [6.07, 6.45) is 0.972. The summed E-state index contributed by atoms with van der Waals surface area (Å²) in [4.78, 5) is 13.0. The molecule has 0 aliphatic carbocycles. The Hall–Kier alpha value is -2.92. The monoisotopic (exact) mass is 407 g/mol. The van der Waals surface area contributed by atoms with Gasteiger partial charge in [-0.15, -0.1) is 0 Å². The lowest BCUT2D eigenvalue weighted by Gasteiger charge is -2.15. The minimum Gasteiger partial charge on any atom is -0.346 e. The molecule has 0 bridgehead atoms. The van der Waals surface area contributed by atoms with Crippen LogP contribution in [0.3, 0.4) is 0 Å². The van der Waals surface area contributed by atoms with Crippen molar-refractivity contribution in [2.75, 3.05) is 0 Å². The first kappa shape index (κ1) is 20.8. The zero-order chi connectivity index (χ0) is 20.9. The van der Waals surface area contributed by atoms with E-state index in [2.05, 4.69) is 24.4 Å². The second kappa shape index (κ2) is 9.05. The molecule has 1 atom stereocenters. The standard InChI is InChI=1S/C24H25NO3S/c1-3-19-12-14-21(15-13-19)18(2)25-24(26)22-9-7-8-20(16-22)17-29(27,28)23-10-5-4-6-11-23/h4-16,18H,3,17H2,1-2H3,(H,25,26). The molecule has 29 heavy (non-hydrogen) atoms. The Morgan fingerprint density at radius 2 is 1.59 bits per heavy atom. The summed E-state index contributed by atoms with van der Waals surface area (Å²) in [5.41, 5.74) is 3.31. The van der Waals surface area contributed by atoms with Crippen molar-refractivity contribution in [3.63, 3.8) is 0 Å². The van der Waals surface area contributed by atoms with Crippen molar-refractivity contribution in [2.24, 2.45) is 0 Å². The van der Waals surface area contributed by atoms with Crippen molar-refractivity contribution in [2.45, 2.75) is 37.0 Å². The van der Waals surface area contributed by atoms with Crippen LogP contribution in [0.4, 0.5) is 0 Å². The van der Waals surface area contributed by atoms with Crippen molar-refractivity contribution >= 4 is 15.7 Å². The minimum absolute atomic E-state index is 0.147. The van der Waals surface area contributed by atoms with E-state index < -0.39 is 9.84 Å². The van der Waals surface area contributed by atoms with Crippen molar-refractivity contribution in [1.29, 1.82) is 0 Å². The van der Waals surface area contributed by atoms with Gasteiger partial charge in [-0.3, -0.25) is 4.79 Å². The molecule has 0 saturated carbocycles. The molecular weight excluding hydrogens is 382 g/mol. The number of hydrogen-bond acceptors (Lipinski definition) is 3. The average molecular weight is 408 g/mol. The number of hydrogen-bond donors (Lipinski definition) is 1. The molecule has 0 aliphatic heterocycles. The summed E-state index contributed by atoms with van der Waals surface area (Å²) in [5, 5.41) is 2.98. The second-order valence-corrected chi connectivity index (χ2v) is 9.05.